The minimum Gasteiger partial charge on any atom is -0.456 e. The third kappa shape index (κ3) is 9.21. The number of likely N-dealkylation sites (N-methyl/N-ethyl adjacent to an activating group) is 1. The van der Waals surface area contributed by atoms with E-state index in [2.05, 4.69) is 12.4 Å². The fourth-order valence-electron chi connectivity index (χ4n) is 1.34. The standard InChI is InChI=1S/C12H23NO4S/c1-11(2)12(14)17-9-8-13(3,4)7-6-10-18(5,15)16/h1,5-10H2,2-4H3/p+1. The molecule has 0 amide bonds. The van der Waals surface area contributed by atoms with E-state index in [-0.39, 0.29) is 11.7 Å². The Labute approximate surface area is 110 Å². The van der Waals surface area contributed by atoms with E-state index in [4.69, 9.17) is 9.29 Å². The Morgan fingerprint density at radius 2 is 1.94 bits per heavy atom. The molecule has 6 heteroatoms. The molecule has 0 aliphatic rings. The smallest absolute Gasteiger partial charge is 0.333 e. The predicted molar refractivity (Wildman–Crippen MR) is 75.0 cm³/mol. The number of quaternary nitrogens is 1. The number of carbonyl (C=O) groups is 1. The summed E-state index contributed by atoms with van der Waals surface area (Å²) in [5.41, 5.74) is 0.386. The van der Waals surface area contributed by atoms with Crippen molar-refractivity contribution in [2.75, 3.05) is 39.5 Å². The van der Waals surface area contributed by atoms with Crippen LogP contribution in [0.15, 0.2) is 12.2 Å². The van der Waals surface area contributed by atoms with Gasteiger partial charge in [-0.15, -0.1) is 0 Å². The number of ether oxygens (including phenoxy) is 1. The second kappa shape index (κ2) is 6.92. The number of nitrogens with zero attached hydrogens (tertiary/aromatic N) is 1. The number of hydrogen-bond donors (Lipinski definition) is 1. The molecule has 0 rings (SSSR count). The van der Waals surface area contributed by atoms with E-state index in [0.717, 1.165) is 6.54 Å². The molecule has 5 nitrogen and oxygen atoms in total. The van der Waals surface area contributed by atoms with E-state index in [0.29, 0.717) is 29.6 Å². The summed E-state index contributed by atoms with van der Waals surface area (Å²) in [5, 5.41) is 0. The fourth-order valence-corrected chi connectivity index (χ4v) is 1.92. The number of rotatable bonds is 8. The van der Waals surface area contributed by atoms with Gasteiger partial charge in [0.15, 0.2) is 0 Å². The van der Waals surface area contributed by atoms with Crippen LogP contribution in [0.4, 0.5) is 0 Å². The number of esters is 1. The molecule has 0 heterocycles. The monoisotopic (exact) mass is 278 g/mol. The van der Waals surface area contributed by atoms with E-state index >= 15 is 0 Å². The van der Waals surface area contributed by atoms with Crippen LogP contribution < -0.4 is 0 Å². The van der Waals surface area contributed by atoms with Crippen LogP contribution in [-0.2, 0) is 19.3 Å². The van der Waals surface area contributed by atoms with E-state index in [1.54, 1.807) is 6.92 Å². The quantitative estimate of drug-likeness (QED) is 0.308. The van der Waals surface area contributed by atoms with Gasteiger partial charge in [0.25, 0.3) is 0 Å². The Bertz CT molecular complexity index is 398. The van der Waals surface area contributed by atoms with Crippen LogP contribution >= 0.6 is 0 Å². The van der Waals surface area contributed by atoms with Crippen LogP contribution in [0.2, 0.25) is 0 Å². The summed E-state index contributed by atoms with van der Waals surface area (Å²) in [6.45, 7) is 6.81. The Morgan fingerprint density at radius 3 is 2.39 bits per heavy atom. The normalized spacial score (nSPS) is 14.9. The summed E-state index contributed by atoms with van der Waals surface area (Å²) in [5.74, 6) is 3.00. The summed E-state index contributed by atoms with van der Waals surface area (Å²) in [4.78, 5) is 11.2. The van der Waals surface area contributed by atoms with Crippen LogP contribution in [0.3, 0.4) is 0 Å². The Kier molecular flexibility index (Phi) is 6.59. The minimum atomic E-state index is -2.90. The van der Waals surface area contributed by atoms with E-state index in [1.807, 2.05) is 14.1 Å². The molecular formula is C12H24NO4S+. The lowest BCUT2D eigenvalue weighted by molar-refractivity contribution is -0.890. The van der Waals surface area contributed by atoms with Crippen molar-refractivity contribution in [3.05, 3.63) is 12.2 Å². The molecule has 1 unspecified atom stereocenters. The van der Waals surface area contributed by atoms with Crippen molar-refractivity contribution in [3.63, 3.8) is 0 Å². The number of carbonyl (C=O) groups excluding carboxylic acids is 1. The molecule has 0 saturated carbocycles. The van der Waals surface area contributed by atoms with Gasteiger partial charge in [0.1, 0.15) is 13.2 Å². The molecule has 0 aliphatic heterocycles. The lowest BCUT2D eigenvalue weighted by Crippen LogP contribution is -2.43. The summed E-state index contributed by atoms with van der Waals surface area (Å²) in [6.07, 6.45) is 0.611. The fraction of sp³-hybridized carbons (Fsp3) is 0.667. The molecule has 0 bridgehead atoms. The summed E-state index contributed by atoms with van der Waals surface area (Å²) < 4.78 is 25.7. The molecule has 0 aromatic rings. The van der Waals surface area contributed by atoms with Gasteiger partial charge in [0.05, 0.1) is 30.4 Å². The van der Waals surface area contributed by atoms with Gasteiger partial charge >= 0.3 is 5.97 Å². The van der Waals surface area contributed by atoms with Crippen LogP contribution in [-0.4, -0.2) is 64.6 Å². The highest BCUT2D eigenvalue weighted by atomic mass is 32.2. The van der Waals surface area contributed by atoms with Gasteiger partial charge in [-0.2, -0.15) is 0 Å². The van der Waals surface area contributed by atoms with Gasteiger partial charge in [-0.1, -0.05) is 6.58 Å². The molecule has 0 aromatic heterocycles. The van der Waals surface area contributed by atoms with E-state index < -0.39 is 9.80 Å². The highest BCUT2D eigenvalue weighted by molar-refractivity contribution is 7.95. The second-order valence-corrected chi connectivity index (χ2v) is 7.08. The maximum absolute atomic E-state index is 11.2. The molecule has 0 radical (unpaired) electrons. The van der Waals surface area contributed by atoms with Crippen molar-refractivity contribution < 1.29 is 22.8 Å². The van der Waals surface area contributed by atoms with Crippen molar-refractivity contribution >= 4 is 21.6 Å². The SMILES string of the molecule is C=C(C)C(=O)OCC[N+](C)(C)CCCS(=C)(=O)O. The van der Waals surface area contributed by atoms with Crippen LogP contribution in [0.5, 0.6) is 0 Å². The first-order valence-corrected chi connectivity index (χ1v) is 7.61. The van der Waals surface area contributed by atoms with Gasteiger partial charge in [0.2, 0.25) is 0 Å². The number of hydrogen-bond acceptors (Lipinski definition) is 3. The van der Waals surface area contributed by atoms with Crippen LogP contribution in [0, 0.1) is 0 Å². The molecule has 0 aromatic carbocycles. The minimum absolute atomic E-state index is 0.195. The predicted octanol–water partition coefficient (Wildman–Crippen LogP) is 0.762. The van der Waals surface area contributed by atoms with Crippen LogP contribution in [0.25, 0.3) is 0 Å². The van der Waals surface area contributed by atoms with E-state index in [9.17, 15) is 9.00 Å². The molecule has 0 fully saturated rings. The first-order chi connectivity index (χ1) is 8.03. The largest absolute Gasteiger partial charge is 0.456 e. The Morgan fingerprint density at radius 1 is 1.39 bits per heavy atom. The summed E-state index contributed by atoms with van der Waals surface area (Å²) in [7, 11) is 1.07. The maximum Gasteiger partial charge on any atom is 0.333 e. The molecule has 0 spiro atoms. The molecule has 1 N–H and O–H groups in total. The van der Waals surface area contributed by atoms with Crippen molar-refractivity contribution in [1.29, 1.82) is 0 Å². The van der Waals surface area contributed by atoms with Crippen LogP contribution in [0.1, 0.15) is 13.3 Å². The lowest BCUT2D eigenvalue weighted by Gasteiger charge is -2.29. The van der Waals surface area contributed by atoms with Crippen molar-refractivity contribution in [2.24, 2.45) is 0 Å². The molecule has 0 saturated heterocycles. The second-order valence-electron chi connectivity index (χ2n) is 5.13. The first-order valence-electron chi connectivity index (χ1n) is 5.75. The van der Waals surface area contributed by atoms with E-state index in [1.165, 1.54) is 0 Å². The van der Waals surface area contributed by atoms with Gasteiger partial charge in [0, 0.05) is 17.7 Å². The third-order valence-electron chi connectivity index (χ3n) is 2.50. The zero-order valence-electron chi connectivity index (χ0n) is 11.5. The van der Waals surface area contributed by atoms with Crippen molar-refractivity contribution in [1.82, 2.24) is 0 Å². The summed E-state index contributed by atoms with van der Waals surface area (Å²) >= 11 is 0. The van der Waals surface area contributed by atoms with Gasteiger partial charge in [-0.25, -0.2) is 9.00 Å². The zero-order chi connectivity index (χ0) is 14.4. The third-order valence-corrected chi connectivity index (χ3v) is 3.43. The van der Waals surface area contributed by atoms with Crippen molar-refractivity contribution in [3.8, 4) is 0 Å². The van der Waals surface area contributed by atoms with Gasteiger partial charge in [-0.05, 0) is 12.8 Å². The lowest BCUT2D eigenvalue weighted by atomic mass is 10.3. The molecule has 0 aliphatic carbocycles. The first kappa shape index (κ1) is 17.2. The van der Waals surface area contributed by atoms with Gasteiger partial charge in [-0.3, -0.25) is 0 Å². The topological polar surface area (TPSA) is 63.6 Å². The average Bonchev–Trinajstić information content (AvgIpc) is 2.14. The Hall–Kier alpha value is -0.850. The summed E-state index contributed by atoms with van der Waals surface area (Å²) in [6, 6.07) is 0. The molecule has 18 heavy (non-hydrogen) atoms. The molecular weight excluding hydrogens is 254 g/mol. The molecule has 1 atom stereocenters. The van der Waals surface area contributed by atoms with Crippen molar-refractivity contribution in [2.45, 2.75) is 13.3 Å². The zero-order valence-corrected chi connectivity index (χ0v) is 12.3. The molecule has 106 valence electrons. The highest BCUT2D eigenvalue weighted by Crippen LogP contribution is 2.02. The highest BCUT2D eigenvalue weighted by Gasteiger charge is 2.16. The van der Waals surface area contributed by atoms with Gasteiger partial charge < -0.3 is 13.8 Å². The average molecular weight is 278 g/mol. The Balaban J connectivity index is 3.94. The maximum atomic E-state index is 11.2.